The molecule has 0 spiro atoms. The fourth-order valence-corrected chi connectivity index (χ4v) is 5.72. The van der Waals surface area contributed by atoms with Crippen LogP contribution in [0, 0.1) is 5.41 Å². The van der Waals surface area contributed by atoms with E-state index in [0.717, 1.165) is 46.9 Å². The molecular formula is C30H37N5O4. The van der Waals surface area contributed by atoms with Crippen LogP contribution in [0.25, 0.3) is 16.4 Å². The minimum absolute atomic E-state index is 0.254. The second-order valence-electron chi connectivity index (χ2n) is 10.9. The number of amides is 1. The molecule has 206 valence electrons. The first-order valence-corrected chi connectivity index (χ1v) is 13.7. The van der Waals surface area contributed by atoms with E-state index in [2.05, 4.69) is 28.4 Å². The van der Waals surface area contributed by atoms with E-state index < -0.39 is 23.7 Å². The maximum atomic E-state index is 12.1. The summed E-state index contributed by atoms with van der Waals surface area (Å²) < 4.78 is 7.00. The standard InChI is InChI=1S/C30H37N5O4/c1-3-4-5-16-39-29(38)34-26-11-8-20-7-6-19(17-23(20)33-26)12-14-30(2)18-21(27(36)28(30)37)24-9-10-25-22(31)13-15-32-35(24)25/h6-11,13,15,17,21,27-28,36-37H,3-5,12,14,16,18,31H2,1-2H3,(H,33,34,38)/t21-,27-,28-,30-/m0/s1. The highest BCUT2D eigenvalue weighted by molar-refractivity contribution is 5.87. The highest BCUT2D eigenvalue weighted by Gasteiger charge is 2.50. The van der Waals surface area contributed by atoms with Crippen molar-refractivity contribution >= 4 is 34.0 Å². The van der Waals surface area contributed by atoms with Crippen LogP contribution in [0.15, 0.2) is 54.7 Å². The van der Waals surface area contributed by atoms with Gasteiger partial charge >= 0.3 is 6.09 Å². The van der Waals surface area contributed by atoms with Crippen LogP contribution in [-0.2, 0) is 11.2 Å². The van der Waals surface area contributed by atoms with Crippen molar-refractivity contribution in [3.63, 3.8) is 0 Å². The quantitative estimate of drug-likeness (QED) is 0.222. The maximum absolute atomic E-state index is 12.1. The number of nitrogen functional groups attached to an aromatic ring is 1. The first kappa shape index (κ1) is 26.9. The monoisotopic (exact) mass is 531 g/mol. The van der Waals surface area contributed by atoms with Crippen LogP contribution < -0.4 is 11.1 Å². The predicted molar refractivity (Wildman–Crippen MR) is 152 cm³/mol. The molecule has 4 aromatic rings. The second-order valence-corrected chi connectivity index (χ2v) is 10.9. The van der Waals surface area contributed by atoms with Crippen LogP contribution in [0.3, 0.4) is 0 Å². The van der Waals surface area contributed by atoms with E-state index in [4.69, 9.17) is 10.5 Å². The lowest BCUT2D eigenvalue weighted by molar-refractivity contribution is -0.0204. The summed E-state index contributed by atoms with van der Waals surface area (Å²) in [5.41, 5.74) is 9.73. The van der Waals surface area contributed by atoms with E-state index in [0.29, 0.717) is 37.4 Å². The van der Waals surface area contributed by atoms with Crippen molar-refractivity contribution in [3.8, 4) is 0 Å². The third-order valence-electron chi connectivity index (χ3n) is 8.09. The number of ether oxygens (including phenoxy) is 1. The number of nitrogens with zero attached hydrogens (tertiary/aromatic N) is 3. The maximum Gasteiger partial charge on any atom is 0.412 e. The van der Waals surface area contributed by atoms with Crippen LogP contribution in [0.5, 0.6) is 0 Å². The molecule has 0 bridgehead atoms. The number of carbonyl (C=O) groups excluding carboxylic acids is 1. The SMILES string of the molecule is CCCCCOC(=O)Nc1ccc2ccc(CC[C@@]3(C)C[C@@H](c4ccc5c(N)ccnn45)[C@H](O)[C@@H]3O)cc2n1. The number of benzene rings is 1. The molecule has 0 aliphatic heterocycles. The summed E-state index contributed by atoms with van der Waals surface area (Å²) in [6, 6.07) is 15.4. The average Bonchev–Trinajstić information content (AvgIpc) is 3.46. The van der Waals surface area contributed by atoms with Gasteiger partial charge in [0.1, 0.15) is 5.82 Å². The van der Waals surface area contributed by atoms with Crippen LogP contribution in [0.2, 0.25) is 0 Å². The molecule has 1 fully saturated rings. The van der Waals surface area contributed by atoms with Gasteiger partial charge in [-0.15, -0.1) is 0 Å². The van der Waals surface area contributed by atoms with Crippen molar-refractivity contribution in [2.24, 2.45) is 5.41 Å². The molecule has 0 unspecified atom stereocenters. The van der Waals surface area contributed by atoms with E-state index in [9.17, 15) is 15.0 Å². The smallest absolute Gasteiger partial charge is 0.412 e. The molecule has 1 aromatic carbocycles. The fourth-order valence-electron chi connectivity index (χ4n) is 5.72. The molecule has 1 aliphatic rings. The van der Waals surface area contributed by atoms with Crippen molar-refractivity contribution in [2.45, 2.75) is 70.5 Å². The average molecular weight is 532 g/mol. The number of aryl methyl sites for hydroxylation is 1. The number of nitrogens with two attached hydrogens (primary N) is 1. The zero-order valence-corrected chi connectivity index (χ0v) is 22.5. The van der Waals surface area contributed by atoms with Crippen molar-refractivity contribution < 1.29 is 19.7 Å². The van der Waals surface area contributed by atoms with Crippen molar-refractivity contribution in [1.29, 1.82) is 0 Å². The van der Waals surface area contributed by atoms with Crippen LogP contribution in [0.1, 0.15) is 63.1 Å². The van der Waals surface area contributed by atoms with Gasteiger partial charge in [0, 0.05) is 23.2 Å². The van der Waals surface area contributed by atoms with Gasteiger partial charge in [0.2, 0.25) is 0 Å². The number of pyridine rings is 1. The number of aliphatic hydroxyl groups excluding tert-OH is 2. The molecule has 1 saturated carbocycles. The van der Waals surface area contributed by atoms with E-state index in [1.807, 2.05) is 37.3 Å². The first-order chi connectivity index (χ1) is 18.8. The highest BCUT2D eigenvalue weighted by Crippen LogP contribution is 2.49. The normalized spacial score (nSPS) is 22.9. The van der Waals surface area contributed by atoms with Gasteiger partial charge in [-0.3, -0.25) is 5.32 Å². The molecule has 0 radical (unpaired) electrons. The molecule has 9 nitrogen and oxygen atoms in total. The van der Waals surface area contributed by atoms with E-state index in [-0.39, 0.29) is 5.92 Å². The number of unbranched alkanes of at least 4 members (excludes halogenated alkanes) is 2. The number of aromatic nitrogens is 3. The lowest BCUT2D eigenvalue weighted by Crippen LogP contribution is -2.34. The van der Waals surface area contributed by atoms with Crippen molar-refractivity contribution in [2.75, 3.05) is 17.7 Å². The van der Waals surface area contributed by atoms with E-state index in [1.165, 1.54) is 0 Å². The van der Waals surface area contributed by atoms with E-state index in [1.54, 1.807) is 22.8 Å². The van der Waals surface area contributed by atoms with Crippen LogP contribution in [-0.4, -0.2) is 49.7 Å². The van der Waals surface area contributed by atoms with Gasteiger partial charge in [-0.2, -0.15) is 5.10 Å². The highest BCUT2D eigenvalue weighted by atomic mass is 16.5. The molecule has 1 aliphatic carbocycles. The van der Waals surface area contributed by atoms with Gasteiger partial charge in [0.25, 0.3) is 0 Å². The lowest BCUT2D eigenvalue weighted by atomic mass is 9.80. The third-order valence-corrected chi connectivity index (χ3v) is 8.09. The number of aliphatic hydroxyl groups is 2. The number of rotatable bonds is 9. The largest absolute Gasteiger partial charge is 0.449 e. The second kappa shape index (κ2) is 11.2. The topological polar surface area (TPSA) is 135 Å². The molecule has 4 atom stereocenters. The Balaban J connectivity index is 1.26. The van der Waals surface area contributed by atoms with Gasteiger partial charge in [0.05, 0.1) is 35.5 Å². The Morgan fingerprint density at radius 2 is 2.00 bits per heavy atom. The van der Waals surface area contributed by atoms with Crippen molar-refractivity contribution in [1.82, 2.24) is 14.6 Å². The molecule has 0 saturated heterocycles. The molecule has 5 rings (SSSR count). The van der Waals surface area contributed by atoms with E-state index >= 15 is 0 Å². The minimum atomic E-state index is -0.898. The summed E-state index contributed by atoms with van der Waals surface area (Å²) >= 11 is 0. The molecule has 3 heterocycles. The molecule has 5 N–H and O–H groups in total. The Morgan fingerprint density at radius 3 is 2.82 bits per heavy atom. The van der Waals surface area contributed by atoms with Crippen molar-refractivity contribution in [3.05, 3.63) is 66.0 Å². The summed E-state index contributed by atoms with van der Waals surface area (Å²) in [4.78, 5) is 16.7. The number of nitrogens with one attached hydrogen (secondary N) is 1. The Labute approximate surface area is 228 Å². The van der Waals surface area contributed by atoms with Gasteiger partial charge in [-0.25, -0.2) is 14.3 Å². The Kier molecular flexibility index (Phi) is 7.72. The fraction of sp³-hybridized carbons (Fsp3) is 0.433. The summed E-state index contributed by atoms with van der Waals surface area (Å²) in [6.07, 6.45) is 4.34. The van der Waals surface area contributed by atoms with Gasteiger partial charge in [-0.1, -0.05) is 38.8 Å². The minimum Gasteiger partial charge on any atom is -0.449 e. The Hall–Kier alpha value is -3.69. The molecule has 3 aromatic heterocycles. The van der Waals surface area contributed by atoms with Crippen LogP contribution >= 0.6 is 0 Å². The van der Waals surface area contributed by atoms with Gasteiger partial charge in [0.15, 0.2) is 0 Å². The number of fused-ring (bicyclic) bond motifs is 2. The molecule has 1 amide bonds. The predicted octanol–water partition coefficient (Wildman–Crippen LogP) is 5.05. The molecule has 39 heavy (non-hydrogen) atoms. The summed E-state index contributed by atoms with van der Waals surface area (Å²) in [5.74, 6) is 0.188. The Bertz CT molecular complexity index is 1470. The summed E-state index contributed by atoms with van der Waals surface area (Å²) in [6.45, 7) is 4.53. The zero-order chi connectivity index (χ0) is 27.6. The summed E-state index contributed by atoms with van der Waals surface area (Å²) in [5, 5.41) is 30.2. The van der Waals surface area contributed by atoms with Gasteiger partial charge < -0.3 is 20.7 Å². The van der Waals surface area contributed by atoms with Gasteiger partial charge in [-0.05, 0) is 73.1 Å². The molecular weight excluding hydrogens is 494 g/mol. The number of hydrogen-bond acceptors (Lipinski definition) is 7. The third kappa shape index (κ3) is 5.55. The molecule has 9 heteroatoms. The number of carbonyl (C=O) groups is 1. The summed E-state index contributed by atoms with van der Waals surface area (Å²) in [7, 11) is 0. The van der Waals surface area contributed by atoms with Crippen LogP contribution in [0.4, 0.5) is 16.3 Å². The number of anilines is 2. The zero-order valence-electron chi connectivity index (χ0n) is 22.5. The number of hydrogen-bond donors (Lipinski definition) is 4. The lowest BCUT2D eigenvalue weighted by Gasteiger charge is -2.28. The first-order valence-electron chi connectivity index (χ1n) is 13.7. The Morgan fingerprint density at radius 1 is 1.18 bits per heavy atom.